The molecule has 7 heteroatoms. The number of aryl methyl sites for hydroxylation is 1. The fraction of sp³-hybridized carbons (Fsp3) is 0.227. The Bertz CT molecular complexity index is 1090. The van der Waals surface area contributed by atoms with Gasteiger partial charge in [-0.2, -0.15) is 0 Å². The molecule has 1 fully saturated rings. The second kappa shape index (κ2) is 7.79. The van der Waals surface area contributed by atoms with E-state index in [4.69, 9.17) is 11.6 Å². The van der Waals surface area contributed by atoms with E-state index in [0.29, 0.717) is 47.8 Å². The number of aromatic nitrogens is 2. The monoisotopic (exact) mass is 410 g/mol. The molecule has 0 saturated carbocycles. The third-order valence-electron chi connectivity index (χ3n) is 5.26. The average molecular weight is 411 g/mol. The number of amides is 1. The molecule has 1 amide bonds. The molecule has 0 spiro atoms. The molecule has 2 aromatic carbocycles. The van der Waals surface area contributed by atoms with Gasteiger partial charge in [-0.25, -0.2) is 14.4 Å². The zero-order valence-corrected chi connectivity index (χ0v) is 16.8. The predicted octanol–water partition coefficient (Wildman–Crippen LogP) is 4.23. The molecule has 1 aromatic heterocycles. The standard InChI is InChI=1S/C22H20ClFN4O/c1-3-20(29)27-7-9-28(10-8-27)22-16-11-17(23)15(12-19(16)25-13-26-22)21-14(2)5-4-6-18(21)24/h3-6,11-13H,1,7-10H2,2H3. The molecule has 0 atom stereocenters. The molecule has 1 saturated heterocycles. The first-order chi connectivity index (χ1) is 14.0. The summed E-state index contributed by atoms with van der Waals surface area (Å²) in [6, 6.07) is 8.58. The third-order valence-corrected chi connectivity index (χ3v) is 5.57. The number of carbonyl (C=O) groups is 1. The SMILES string of the molecule is C=CC(=O)N1CCN(c2ncnc3cc(-c4c(C)cccc4F)c(Cl)cc23)CC1. The number of carbonyl (C=O) groups excluding carboxylic acids is 1. The van der Waals surface area contributed by atoms with E-state index >= 15 is 0 Å². The van der Waals surface area contributed by atoms with Gasteiger partial charge in [0, 0.05) is 47.7 Å². The van der Waals surface area contributed by atoms with Crippen LogP contribution in [0.15, 0.2) is 49.3 Å². The first kappa shape index (κ1) is 19.3. The van der Waals surface area contributed by atoms with Crippen molar-refractivity contribution in [3.8, 4) is 11.1 Å². The van der Waals surface area contributed by atoms with Crippen molar-refractivity contribution >= 4 is 34.2 Å². The minimum atomic E-state index is -0.316. The van der Waals surface area contributed by atoms with Crippen molar-refractivity contribution in [1.82, 2.24) is 14.9 Å². The lowest BCUT2D eigenvalue weighted by Gasteiger charge is -2.35. The van der Waals surface area contributed by atoms with E-state index < -0.39 is 0 Å². The highest BCUT2D eigenvalue weighted by molar-refractivity contribution is 6.34. The van der Waals surface area contributed by atoms with E-state index in [0.717, 1.165) is 16.8 Å². The van der Waals surface area contributed by atoms with E-state index in [9.17, 15) is 9.18 Å². The lowest BCUT2D eigenvalue weighted by atomic mass is 9.98. The largest absolute Gasteiger partial charge is 0.352 e. The molecule has 0 unspecified atom stereocenters. The normalized spacial score (nSPS) is 14.3. The van der Waals surface area contributed by atoms with Crippen molar-refractivity contribution in [2.45, 2.75) is 6.92 Å². The van der Waals surface area contributed by atoms with E-state index in [1.807, 2.05) is 19.1 Å². The summed E-state index contributed by atoms with van der Waals surface area (Å²) in [5.74, 6) is 0.382. The van der Waals surface area contributed by atoms with Gasteiger partial charge in [-0.15, -0.1) is 0 Å². The van der Waals surface area contributed by atoms with Crippen LogP contribution in [-0.2, 0) is 4.79 Å². The van der Waals surface area contributed by atoms with Crippen molar-refractivity contribution < 1.29 is 9.18 Å². The highest BCUT2D eigenvalue weighted by atomic mass is 35.5. The van der Waals surface area contributed by atoms with Crippen LogP contribution in [-0.4, -0.2) is 47.0 Å². The van der Waals surface area contributed by atoms with Gasteiger partial charge >= 0.3 is 0 Å². The van der Waals surface area contributed by atoms with Gasteiger partial charge in [-0.1, -0.05) is 30.3 Å². The molecule has 0 aliphatic carbocycles. The molecule has 5 nitrogen and oxygen atoms in total. The van der Waals surface area contributed by atoms with Gasteiger partial charge in [-0.3, -0.25) is 4.79 Å². The van der Waals surface area contributed by atoms with Gasteiger partial charge in [0.1, 0.15) is 18.0 Å². The average Bonchev–Trinajstić information content (AvgIpc) is 2.73. The Kier molecular flexibility index (Phi) is 5.20. The minimum absolute atomic E-state index is 0.0647. The van der Waals surface area contributed by atoms with Crippen molar-refractivity contribution in [3.05, 3.63) is 65.7 Å². The number of hydrogen-bond acceptors (Lipinski definition) is 4. The third kappa shape index (κ3) is 3.56. The zero-order chi connectivity index (χ0) is 20.5. The molecule has 0 bridgehead atoms. The number of benzene rings is 2. The Morgan fingerprint density at radius 3 is 2.66 bits per heavy atom. The fourth-order valence-electron chi connectivity index (χ4n) is 3.75. The van der Waals surface area contributed by atoms with Crippen LogP contribution in [0.2, 0.25) is 5.02 Å². The van der Waals surface area contributed by atoms with Crippen molar-refractivity contribution in [2.75, 3.05) is 31.1 Å². The molecule has 3 aromatic rings. The Balaban J connectivity index is 1.73. The number of nitrogens with zero attached hydrogens (tertiary/aromatic N) is 4. The molecular weight excluding hydrogens is 391 g/mol. The Hall–Kier alpha value is -2.99. The highest BCUT2D eigenvalue weighted by Crippen LogP contribution is 2.37. The predicted molar refractivity (Wildman–Crippen MR) is 114 cm³/mol. The van der Waals surface area contributed by atoms with Gasteiger partial charge in [0.05, 0.1) is 5.52 Å². The molecule has 0 radical (unpaired) electrons. The minimum Gasteiger partial charge on any atom is -0.352 e. The van der Waals surface area contributed by atoms with E-state index in [1.54, 1.807) is 17.0 Å². The van der Waals surface area contributed by atoms with E-state index in [1.165, 1.54) is 18.5 Å². The summed E-state index contributed by atoms with van der Waals surface area (Å²) >= 11 is 6.57. The van der Waals surface area contributed by atoms with Gasteiger partial charge in [0.15, 0.2) is 0 Å². The lowest BCUT2D eigenvalue weighted by Crippen LogP contribution is -2.48. The van der Waals surface area contributed by atoms with E-state index in [2.05, 4.69) is 21.4 Å². The molecule has 4 rings (SSSR count). The maximum Gasteiger partial charge on any atom is 0.246 e. The lowest BCUT2D eigenvalue weighted by molar-refractivity contribution is -0.126. The summed E-state index contributed by atoms with van der Waals surface area (Å²) in [6.07, 6.45) is 2.84. The maximum absolute atomic E-state index is 14.5. The Labute approximate surface area is 173 Å². The molecule has 2 heterocycles. The molecule has 0 N–H and O–H groups in total. The topological polar surface area (TPSA) is 49.3 Å². The van der Waals surface area contributed by atoms with Crippen LogP contribution >= 0.6 is 11.6 Å². The summed E-state index contributed by atoms with van der Waals surface area (Å²) in [5, 5.41) is 1.25. The Morgan fingerprint density at radius 2 is 1.97 bits per heavy atom. The summed E-state index contributed by atoms with van der Waals surface area (Å²) in [5.41, 5.74) is 2.60. The van der Waals surface area contributed by atoms with Crippen LogP contribution in [0, 0.1) is 12.7 Å². The summed E-state index contributed by atoms with van der Waals surface area (Å²) in [4.78, 5) is 24.5. The smallest absolute Gasteiger partial charge is 0.246 e. The first-order valence-electron chi connectivity index (χ1n) is 9.35. The van der Waals surface area contributed by atoms with Crippen molar-refractivity contribution in [1.29, 1.82) is 0 Å². The number of halogens is 2. The van der Waals surface area contributed by atoms with Crippen molar-refractivity contribution in [3.63, 3.8) is 0 Å². The van der Waals surface area contributed by atoms with Gasteiger partial charge in [-0.05, 0) is 36.8 Å². The van der Waals surface area contributed by atoms with Crippen LogP contribution in [0.25, 0.3) is 22.0 Å². The number of rotatable bonds is 3. The second-order valence-corrected chi connectivity index (χ2v) is 7.40. The number of piperazine rings is 1. The molecule has 1 aliphatic heterocycles. The van der Waals surface area contributed by atoms with Crippen molar-refractivity contribution in [2.24, 2.45) is 0 Å². The van der Waals surface area contributed by atoms with E-state index in [-0.39, 0.29) is 11.7 Å². The van der Waals surface area contributed by atoms with Crippen LogP contribution in [0.5, 0.6) is 0 Å². The molecular formula is C22H20ClFN4O. The molecule has 29 heavy (non-hydrogen) atoms. The second-order valence-electron chi connectivity index (χ2n) is 6.99. The van der Waals surface area contributed by atoms with Crippen LogP contribution in [0.3, 0.4) is 0 Å². The van der Waals surface area contributed by atoms with Crippen LogP contribution in [0.1, 0.15) is 5.56 Å². The summed E-state index contributed by atoms with van der Waals surface area (Å²) in [7, 11) is 0. The number of hydrogen-bond donors (Lipinski definition) is 0. The first-order valence-corrected chi connectivity index (χ1v) is 9.73. The molecule has 148 valence electrons. The Morgan fingerprint density at radius 1 is 1.21 bits per heavy atom. The van der Waals surface area contributed by atoms with Crippen LogP contribution < -0.4 is 4.90 Å². The van der Waals surface area contributed by atoms with Gasteiger partial charge in [0.2, 0.25) is 5.91 Å². The highest BCUT2D eigenvalue weighted by Gasteiger charge is 2.23. The van der Waals surface area contributed by atoms with Crippen LogP contribution in [0.4, 0.5) is 10.2 Å². The van der Waals surface area contributed by atoms with Gasteiger partial charge in [0.25, 0.3) is 0 Å². The molecule has 1 aliphatic rings. The quantitative estimate of drug-likeness (QED) is 0.606. The van der Waals surface area contributed by atoms with Gasteiger partial charge < -0.3 is 9.80 Å². The summed E-state index contributed by atoms with van der Waals surface area (Å²) < 4.78 is 14.5. The zero-order valence-electron chi connectivity index (χ0n) is 16.0. The maximum atomic E-state index is 14.5. The summed E-state index contributed by atoms with van der Waals surface area (Å²) in [6.45, 7) is 7.89. The fourth-order valence-corrected chi connectivity index (χ4v) is 4.01. The number of anilines is 1. The number of fused-ring (bicyclic) bond motifs is 1.